The Morgan fingerprint density at radius 2 is 1.70 bits per heavy atom. The van der Waals surface area contributed by atoms with Crippen LogP contribution in [0.5, 0.6) is 0 Å². The summed E-state index contributed by atoms with van der Waals surface area (Å²) in [4.78, 5) is 12.1. The highest BCUT2D eigenvalue weighted by molar-refractivity contribution is 5.69. The molecule has 5 heteroatoms. The predicted molar refractivity (Wildman–Crippen MR) is 75.2 cm³/mol. The van der Waals surface area contributed by atoms with Crippen LogP contribution in [0.15, 0.2) is 0 Å². The van der Waals surface area contributed by atoms with Crippen molar-refractivity contribution in [1.82, 2.24) is 5.32 Å². The summed E-state index contributed by atoms with van der Waals surface area (Å²) >= 11 is 0. The molecule has 20 heavy (non-hydrogen) atoms. The van der Waals surface area contributed by atoms with E-state index in [0.29, 0.717) is 6.42 Å². The molecule has 1 amide bonds. The van der Waals surface area contributed by atoms with Gasteiger partial charge in [-0.15, -0.1) is 0 Å². The third-order valence-corrected chi connectivity index (χ3v) is 5.76. The lowest BCUT2D eigenvalue weighted by Crippen LogP contribution is -2.61. The van der Waals surface area contributed by atoms with Gasteiger partial charge in [-0.1, -0.05) is 20.8 Å². The Balaban J connectivity index is 2.28. The molecule has 0 aromatic carbocycles. The topological polar surface area (TPSA) is 78.8 Å². The molecule has 0 radical (unpaired) electrons. The lowest BCUT2D eigenvalue weighted by molar-refractivity contribution is -0.0598. The Morgan fingerprint density at radius 3 is 2.10 bits per heavy atom. The largest absolute Gasteiger partial charge is 0.444 e. The first-order valence-electron chi connectivity index (χ1n) is 7.25. The van der Waals surface area contributed by atoms with Gasteiger partial charge in [0.05, 0.1) is 11.6 Å². The number of amides is 1. The van der Waals surface area contributed by atoms with Crippen LogP contribution in [-0.4, -0.2) is 39.7 Å². The molecule has 0 aromatic rings. The van der Waals surface area contributed by atoms with E-state index >= 15 is 0 Å². The zero-order valence-corrected chi connectivity index (χ0v) is 13.3. The number of carbonyl (C=O) groups excluding carboxylic acids is 1. The molecule has 0 spiro atoms. The fourth-order valence-electron chi connectivity index (χ4n) is 4.02. The van der Waals surface area contributed by atoms with Gasteiger partial charge in [0.15, 0.2) is 0 Å². The summed E-state index contributed by atoms with van der Waals surface area (Å²) in [6, 6.07) is 0. The van der Waals surface area contributed by atoms with E-state index < -0.39 is 40.3 Å². The minimum Gasteiger partial charge on any atom is -0.444 e. The number of alkyl carbamates (subject to hydrolysis) is 1. The number of nitrogens with one attached hydrogen (secondary N) is 1. The maximum absolute atomic E-state index is 12.1. The van der Waals surface area contributed by atoms with Crippen molar-refractivity contribution in [2.45, 2.75) is 77.7 Å². The molecule has 0 aromatic heterocycles. The fraction of sp³-hybridized carbons (Fsp3) is 0.933. The molecule has 2 saturated carbocycles. The maximum atomic E-state index is 12.1. The van der Waals surface area contributed by atoms with Gasteiger partial charge in [-0.2, -0.15) is 0 Å². The van der Waals surface area contributed by atoms with Crippen LogP contribution in [0.4, 0.5) is 4.79 Å². The van der Waals surface area contributed by atoms with Crippen molar-refractivity contribution in [2.75, 3.05) is 0 Å². The normalized spacial score (nSPS) is 42.6. The molecule has 0 saturated heterocycles. The van der Waals surface area contributed by atoms with Gasteiger partial charge in [0, 0.05) is 5.41 Å². The summed E-state index contributed by atoms with van der Waals surface area (Å²) in [6.07, 6.45) is -0.921. The van der Waals surface area contributed by atoms with E-state index in [2.05, 4.69) is 5.32 Å². The number of aliphatic hydroxyl groups is 2. The van der Waals surface area contributed by atoms with E-state index in [9.17, 15) is 15.0 Å². The summed E-state index contributed by atoms with van der Waals surface area (Å²) in [5, 5.41) is 23.7. The molecule has 0 aliphatic heterocycles. The molecular weight excluding hydrogens is 258 g/mol. The van der Waals surface area contributed by atoms with Gasteiger partial charge in [-0.25, -0.2) is 4.79 Å². The molecular formula is C15H27NO4. The van der Waals surface area contributed by atoms with E-state index in [0.717, 1.165) is 6.42 Å². The van der Waals surface area contributed by atoms with Crippen molar-refractivity contribution < 1.29 is 19.7 Å². The molecule has 2 rings (SSSR count). The minimum absolute atomic E-state index is 0.401. The van der Waals surface area contributed by atoms with Crippen LogP contribution in [0.1, 0.15) is 54.4 Å². The zero-order valence-electron chi connectivity index (χ0n) is 13.3. The first kappa shape index (κ1) is 15.6. The van der Waals surface area contributed by atoms with Crippen molar-refractivity contribution in [3.63, 3.8) is 0 Å². The van der Waals surface area contributed by atoms with Gasteiger partial charge in [0.25, 0.3) is 0 Å². The van der Waals surface area contributed by atoms with Crippen LogP contribution in [0.25, 0.3) is 0 Å². The van der Waals surface area contributed by atoms with E-state index in [1.807, 2.05) is 20.8 Å². The number of fused-ring (bicyclic) bond motifs is 2. The second-order valence-electron chi connectivity index (χ2n) is 8.03. The third kappa shape index (κ3) is 1.79. The van der Waals surface area contributed by atoms with Gasteiger partial charge < -0.3 is 20.3 Å². The van der Waals surface area contributed by atoms with Gasteiger partial charge in [0.2, 0.25) is 0 Å². The summed E-state index contributed by atoms with van der Waals surface area (Å²) in [5.74, 6) is 0. The SMILES string of the molecule is CC(C)(C)OC(=O)N[C@@]12CC[C@@](C)([C@H](O)[C@@H]1O)C2(C)C. The number of hydrogen-bond acceptors (Lipinski definition) is 4. The second kappa shape index (κ2) is 4.10. The summed E-state index contributed by atoms with van der Waals surface area (Å²) in [6.45, 7) is 11.4. The molecule has 4 atom stereocenters. The molecule has 2 aliphatic rings. The number of aliphatic hydroxyl groups excluding tert-OH is 2. The molecule has 2 aliphatic carbocycles. The highest BCUT2D eigenvalue weighted by Crippen LogP contribution is 2.67. The van der Waals surface area contributed by atoms with Crippen LogP contribution in [0, 0.1) is 10.8 Å². The molecule has 2 bridgehead atoms. The average Bonchev–Trinajstić information content (AvgIpc) is 2.50. The Bertz CT molecular complexity index is 428. The number of rotatable bonds is 1. The maximum Gasteiger partial charge on any atom is 0.408 e. The monoisotopic (exact) mass is 285 g/mol. The van der Waals surface area contributed by atoms with Gasteiger partial charge >= 0.3 is 6.09 Å². The molecule has 0 unspecified atom stereocenters. The van der Waals surface area contributed by atoms with E-state index in [1.54, 1.807) is 20.8 Å². The van der Waals surface area contributed by atoms with Crippen LogP contribution < -0.4 is 5.32 Å². The van der Waals surface area contributed by atoms with Crippen molar-refractivity contribution >= 4 is 6.09 Å². The lowest BCUT2D eigenvalue weighted by Gasteiger charge is -2.42. The first-order valence-corrected chi connectivity index (χ1v) is 7.25. The van der Waals surface area contributed by atoms with E-state index in [-0.39, 0.29) is 0 Å². The van der Waals surface area contributed by atoms with E-state index in [4.69, 9.17) is 4.74 Å². The second-order valence-corrected chi connectivity index (χ2v) is 8.03. The Kier molecular flexibility index (Phi) is 3.20. The fourth-order valence-corrected chi connectivity index (χ4v) is 4.02. The lowest BCUT2D eigenvalue weighted by atomic mass is 9.68. The van der Waals surface area contributed by atoms with Crippen LogP contribution in [0.3, 0.4) is 0 Å². The van der Waals surface area contributed by atoms with Gasteiger partial charge in [-0.3, -0.25) is 0 Å². The third-order valence-electron chi connectivity index (χ3n) is 5.76. The highest BCUT2D eigenvalue weighted by Gasteiger charge is 2.74. The van der Waals surface area contributed by atoms with Crippen molar-refractivity contribution in [1.29, 1.82) is 0 Å². The van der Waals surface area contributed by atoms with Crippen molar-refractivity contribution in [3.8, 4) is 0 Å². The summed E-state index contributed by atoms with van der Waals surface area (Å²) < 4.78 is 5.31. The number of ether oxygens (including phenoxy) is 1. The molecule has 116 valence electrons. The average molecular weight is 285 g/mol. The Labute approximate surface area is 120 Å². The van der Waals surface area contributed by atoms with Crippen LogP contribution in [-0.2, 0) is 4.74 Å². The quantitative estimate of drug-likeness (QED) is 0.686. The zero-order chi connectivity index (χ0) is 15.6. The summed E-state index contributed by atoms with van der Waals surface area (Å²) in [7, 11) is 0. The summed E-state index contributed by atoms with van der Waals surface area (Å²) in [5.41, 5.74) is -2.23. The van der Waals surface area contributed by atoms with Crippen molar-refractivity contribution in [2.24, 2.45) is 10.8 Å². The predicted octanol–water partition coefficient (Wildman–Crippen LogP) is 1.81. The standard InChI is InChI=1S/C15H27NO4/c1-12(2,3)20-11(19)16-15-8-7-14(6,13(15,4)5)9(17)10(15)18/h9-10,17-18H,7-8H2,1-6H3,(H,16,19)/t9-,10+,14+,15+/m1/s1. The minimum atomic E-state index is -0.969. The first-order chi connectivity index (χ1) is 8.87. The molecule has 2 fully saturated rings. The van der Waals surface area contributed by atoms with Crippen LogP contribution in [0.2, 0.25) is 0 Å². The van der Waals surface area contributed by atoms with Gasteiger partial charge in [-0.05, 0) is 39.0 Å². The van der Waals surface area contributed by atoms with Crippen LogP contribution >= 0.6 is 0 Å². The molecule has 0 heterocycles. The van der Waals surface area contributed by atoms with E-state index in [1.165, 1.54) is 0 Å². The Morgan fingerprint density at radius 1 is 1.15 bits per heavy atom. The van der Waals surface area contributed by atoms with Gasteiger partial charge in [0.1, 0.15) is 11.7 Å². The molecule has 3 N–H and O–H groups in total. The highest BCUT2D eigenvalue weighted by atomic mass is 16.6. The smallest absolute Gasteiger partial charge is 0.408 e. The Hall–Kier alpha value is -0.810. The number of hydrogen-bond donors (Lipinski definition) is 3. The molecule has 5 nitrogen and oxygen atoms in total. The number of carbonyl (C=O) groups is 1. The van der Waals surface area contributed by atoms with Crippen molar-refractivity contribution in [3.05, 3.63) is 0 Å².